The molecule has 28 heavy (non-hydrogen) atoms. The van der Waals surface area contributed by atoms with Crippen molar-refractivity contribution in [3.8, 4) is 0 Å². The molecule has 0 radical (unpaired) electrons. The van der Waals surface area contributed by atoms with Crippen molar-refractivity contribution in [1.82, 2.24) is 4.31 Å². The Morgan fingerprint density at radius 2 is 1.43 bits per heavy atom. The van der Waals surface area contributed by atoms with Crippen LogP contribution < -0.4 is 4.31 Å². The third-order valence-electron chi connectivity index (χ3n) is 4.68. The number of piperidine rings is 1. The molecule has 2 aromatic rings. The quantitative estimate of drug-likeness (QED) is 0.731. The van der Waals surface area contributed by atoms with Crippen LogP contribution in [0.5, 0.6) is 0 Å². The highest BCUT2D eigenvalue weighted by Crippen LogP contribution is 2.27. The topological polar surface area (TPSA) is 74.8 Å². The summed E-state index contributed by atoms with van der Waals surface area (Å²) in [4.78, 5) is -0.232. The second-order valence-electron chi connectivity index (χ2n) is 6.50. The predicted molar refractivity (Wildman–Crippen MR) is 101 cm³/mol. The smallest absolute Gasteiger partial charge is 0.264 e. The fourth-order valence-corrected chi connectivity index (χ4v) is 5.76. The molecule has 0 saturated carbocycles. The van der Waals surface area contributed by atoms with Crippen molar-refractivity contribution in [2.75, 3.05) is 24.4 Å². The summed E-state index contributed by atoms with van der Waals surface area (Å²) < 4.78 is 80.1. The summed E-state index contributed by atoms with van der Waals surface area (Å²) in [6.07, 6.45) is 2.55. The summed E-state index contributed by atoms with van der Waals surface area (Å²) in [7, 11) is -6.79. The molecule has 1 saturated heterocycles. The Morgan fingerprint density at radius 1 is 0.857 bits per heavy atom. The second kappa shape index (κ2) is 7.76. The zero-order valence-corrected chi connectivity index (χ0v) is 16.8. The average Bonchev–Trinajstić information content (AvgIpc) is 2.70. The van der Waals surface area contributed by atoms with Crippen molar-refractivity contribution in [3.63, 3.8) is 0 Å². The van der Waals surface area contributed by atoms with Gasteiger partial charge in [0, 0.05) is 26.2 Å². The first-order valence-electron chi connectivity index (χ1n) is 8.68. The van der Waals surface area contributed by atoms with Crippen LogP contribution in [0.4, 0.5) is 14.5 Å². The van der Waals surface area contributed by atoms with Gasteiger partial charge in [0.2, 0.25) is 10.0 Å². The molecule has 0 unspecified atom stereocenters. The third-order valence-corrected chi connectivity index (χ3v) is 8.38. The van der Waals surface area contributed by atoms with Crippen LogP contribution in [-0.2, 0) is 20.0 Å². The summed E-state index contributed by atoms with van der Waals surface area (Å²) in [6.45, 7) is 0.869. The summed E-state index contributed by atoms with van der Waals surface area (Å²) in [5, 5.41) is 0. The van der Waals surface area contributed by atoms with Crippen LogP contribution in [-0.4, -0.2) is 41.3 Å². The van der Waals surface area contributed by atoms with Crippen molar-refractivity contribution in [3.05, 3.63) is 54.1 Å². The van der Waals surface area contributed by atoms with Crippen molar-refractivity contribution in [2.45, 2.75) is 29.1 Å². The van der Waals surface area contributed by atoms with E-state index in [1.165, 1.54) is 16.4 Å². The van der Waals surface area contributed by atoms with Crippen LogP contribution in [0.15, 0.2) is 52.3 Å². The first kappa shape index (κ1) is 20.7. The number of rotatable bonds is 5. The molecule has 1 aliphatic rings. The lowest BCUT2D eigenvalue weighted by molar-refractivity contribution is 0.346. The molecule has 0 aliphatic carbocycles. The van der Waals surface area contributed by atoms with Crippen molar-refractivity contribution >= 4 is 25.7 Å². The Kier molecular flexibility index (Phi) is 5.74. The van der Waals surface area contributed by atoms with Gasteiger partial charge in [0.1, 0.15) is 11.6 Å². The fourth-order valence-electron chi connectivity index (χ4n) is 3.05. The lowest BCUT2D eigenvalue weighted by atomic mass is 10.2. The van der Waals surface area contributed by atoms with E-state index in [1.54, 1.807) is 0 Å². The molecule has 1 fully saturated rings. The van der Waals surface area contributed by atoms with Gasteiger partial charge < -0.3 is 0 Å². The molecule has 2 aromatic carbocycles. The van der Waals surface area contributed by atoms with Gasteiger partial charge in [0.25, 0.3) is 10.0 Å². The minimum Gasteiger partial charge on any atom is -0.266 e. The number of anilines is 1. The van der Waals surface area contributed by atoms with Crippen molar-refractivity contribution in [1.29, 1.82) is 0 Å². The standard InChI is InChI=1S/C18H20F2N2O4S2/c1-21(18-13-14(19)5-10-17(18)20)27(23,24)15-6-8-16(9-7-15)28(25,26)22-11-3-2-4-12-22/h5-10,13H,2-4,11-12H2,1H3. The van der Waals surface area contributed by atoms with Crippen LogP contribution in [0.2, 0.25) is 0 Å². The van der Waals surface area contributed by atoms with E-state index < -0.39 is 37.4 Å². The van der Waals surface area contributed by atoms with Gasteiger partial charge in [0.15, 0.2) is 0 Å². The minimum absolute atomic E-state index is 0.00654. The van der Waals surface area contributed by atoms with Crippen LogP contribution in [0.1, 0.15) is 19.3 Å². The van der Waals surface area contributed by atoms with Crippen molar-refractivity contribution < 1.29 is 25.6 Å². The van der Waals surface area contributed by atoms with Gasteiger partial charge in [0.05, 0.1) is 15.5 Å². The molecule has 0 N–H and O–H groups in total. The number of hydrogen-bond acceptors (Lipinski definition) is 4. The monoisotopic (exact) mass is 430 g/mol. The summed E-state index contributed by atoms with van der Waals surface area (Å²) in [5.41, 5.74) is -0.440. The SMILES string of the molecule is CN(c1cc(F)ccc1F)S(=O)(=O)c1ccc(S(=O)(=O)N2CCCCC2)cc1. The Bertz CT molecular complexity index is 1070. The number of nitrogens with zero attached hydrogens (tertiary/aromatic N) is 2. The van der Waals surface area contributed by atoms with E-state index in [1.807, 2.05) is 0 Å². The molecule has 3 rings (SSSR count). The molecule has 0 spiro atoms. The molecule has 10 heteroatoms. The first-order chi connectivity index (χ1) is 13.1. The summed E-state index contributed by atoms with van der Waals surface area (Å²) in [5.74, 6) is -1.67. The lowest BCUT2D eigenvalue weighted by Gasteiger charge is -2.26. The first-order valence-corrected chi connectivity index (χ1v) is 11.6. The number of hydrogen-bond donors (Lipinski definition) is 0. The highest BCUT2D eigenvalue weighted by atomic mass is 32.2. The Labute approximate surface area is 163 Å². The van der Waals surface area contributed by atoms with E-state index in [0.29, 0.717) is 17.4 Å². The highest BCUT2D eigenvalue weighted by Gasteiger charge is 2.28. The van der Waals surface area contributed by atoms with Gasteiger partial charge in [-0.2, -0.15) is 4.31 Å². The van der Waals surface area contributed by atoms with Crippen LogP contribution in [0.3, 0.4) is 0 Å². The molecule has 1 aliphatic heterocycles. The fraction of sp³-hybridized carbons (Fsp3) is 0.333. The van der Waals surface area contributed by atoms with E-state index in [-0.39, 0.29) is 9.79 Å². The molecule has 6 nitrogen and oxygen atoms in total. The second-order valence-corrected chi connectivity index (χ2v) is 10.4. The average molecular weight is 430 g/mol. The normalized spacial score (nSPS) is 16.1. The Hall–Kier alpha value is -2.04. The Morgan fingerprint density at radius 3 is 2.04 bits per heavy atom. The maximum Gasteiger partial charge on any atom is 0.264 e. The van der Waals surface area contributed by atoms with E-state index >= 15 is 0 Å². The van der Waals surface area contributed by atoms with Crippen LogP contribution >= 0.6 is 0 Å². The molecule has 0 atom stereocenters. The number of sulfonamides is 2. The predicted octanol–water partition coefficient (Wildman–Crippen LogP) is 2.96. The summed E-state index contributed by atoms with van der Waals surface area (Å²) >= 11 is 0. The third kappa shape index (κ3) is 3.89. The zero-order valence-electron chi connectivity index (χ0n) is 15.2. The van der Waals surface area contributed by atoms with E-state index in [4.69, 9.17) is 0 Å². The van der Waals surface area contributed by atoms with E-state index in [2.05, 4.69) is 0 Å². The maximum absolute atomic E-state index is 13.9. The van der Waals surface area contributed by atoms with Gasteiger partial charge in [-0.1, -0.05) is 6.42 Å². The van der Waals surface area contributed by atoms with E-state index in [9.17, 15) is 25.6 Å². The maximum atomic E-state index is 13.9. The number of benzene rings is 2. The lowest BCUT2D eigenvalue weighted by Crippen LogP contribution is -2.35. The minimum atomic E-state index is -4.20. The van der Waals surface area contributed by atoms with Crippen LogP contribution in [0, 0.1) is 11.6 Å². The van der Waals surface area contributed by atoms with E-state index in [0.717, 1.165) is 56.6 Å². The van der Waals surface area contributed by atoms with Gasteiger partial charge in [-0.3, -0.25) is 4.31 Å². The molecular formula is C18H20F2N2O4S2. The highest BCUT2D eigenvalue weighted by molar-refractivity contribution is 7.92. The molecule has 1 heterocycles. The molecule has 0 amide bonds. The molecule has 0 bridgehead atoms. The molecule has 152 valence electrons. The molecular weight excluding hydrogens is 410 g/mol. The van der Waals surface area contributed by atoms with Gasteiger partial charge in [-0.15, -0.1) is 0 Å². The Balaban J connectivity index is 1.90. The molecule has 0 aromatic heterocycles. The van der Waals surface area contributed by atoms with Crippen LogP contribution in [0.25, 0.3) is 0 Å². The van der Waals surface area contributed by atoms with Gasteiger partial charge >= 0.3 is 0 Å². The number of halogens is 2. The van der Waals surface area contributed by atoms with Gasteiger partial charge in [-0.25, -0.2) is 25.6 Å². The van der Waals surface area contributed by atoms with Crippen molar-refractivity contribution in [2.24, 2.45) is 0 Å². The van der Waals surface area contributed by atoms with Gasteiger partial charge in [-0.05, 0) is 49.2 Å². The largest absolute Gasteiger partial charge is 0.266 e. The summed E-state index contributed by atoms with van der Waals surface area (Å²) in [6, 6.07) is 7.24. The zero-order chi connectivity index (χ0) is 20.5.